The number of nitrogens with one attached hydrogen (secondary N) is 1. The zero-order valence-electron chi connectivity index (χ0n) is 9.66. The van der Waals surface area contributed by atoms with Gasteiger partial charge in [-0.2, -0.15) is 13.2 Å². The zero-order valence-corrected chi connectivity index (χ0v) is 9.66. The van der Waals surface area contributed by atoms with Crippen LogP contribution in [0.2, 0.25) is 0 Å². The van der Waals surface area contributed by atoms with Gasteiger partial charge in [0.25, 0.3) is 5.91 Å². The third-order valence-electron chi connectivity index (χ3n) is 2.59. The van der Waals surface area contributed by atoms with Crippen LogP contribution in [-0.2, 0) is 0 Å². The van der Waals surface area contributed by atoms with Crippen molar-refractivity contribution in [3.63, 3.8) is 0 Å². The lowest BCUT2D eigenvalue weighted by atomic mass is 10.0. The average Bonchev–Trinajstić information content (AvgIpc) is 2.36. The molecular formula is C13H10F3NO2. The number of aromatic hydroxyl groups is 1. The highest BCUT2D eigenvalue weighted by molar-refractivity contribution is 6.03. The Labute approximate surface area is 106 Å². The first-order chi connectivity index (χ1) is 8.88. The first-order valence-corrected chi connectivity index (χ1v) is 5.44. The molecule has 0 spiro atoms. The number of alkyl halides is 3. The van der Waals surface area contributed by atoms with Crippen molar-refractivity contribution in [3.8, 4) is 5.75 Å². The molecule has 100 valence electrons. The fourth-order valence-corrected chi connectivity index (χ4v) is 1.71. The number of halogens is 3. The second kappa shape index (κ2) is 4.79. The second-order valence-corrected chi connectivity index (χ2v) is 3.98. The molecule has 2 rings (SSSR count). The van der Waals surface area contributed by atoms with Crippen molar-refractivity contribution in [2.75, 3.05) is 6.54 Å². The second-order valence-electron chi connectivity index (χ2n) is 3.98. The summed E-state index contributed by atoms with van der Waals surface area (Å²) in [5.74, 6) is -1.28. The largest absolute Gasteiger partial charge is 0.506 e. The van der Waals surface area contributed by atoms with Crippen LogP contribution < -0.4 is 5.32 Å². The van der Waals surface area contributed by atoms with Gasteiger partial charge in [0.05, 0.1) is 5.56 Å². The molecule has 0 bridgehead atoms. The number of phenols is 1. The van der Waals surface area contributed by atoms with Gasteiger partial charge in [0, 0.05) is 5.39 Å². The molecule has 0 aliphatic heterocycles. The summed E-state index contributed by atoms with van der Waals surface area (Å²) in [7, 11) is 0. The molecule has 0 unspecified atom stereocenters. The zero-order chi connectivity index (χ0) is 14.0. The van der Waals surface area contributed by atoms with Gasteiger partial charge in [0.1, 0.15) is 12.3 Å². The van der Waals surface area contributed by atoms with E-state index in [1.54, 1.807) is 35.6 Å². The molecule has 0 atom stereocenters. The van der Waals surface area contributed by atoms with E-state index < -0.39 is 18.6 Å². The Balaban J connectivity index is 2.30. The fraction of sp³-hybridized carbons (Fsp3) is 0.154. The van der Waals surface area contributed by atoms with Crippen molar-refractivity contribution in [2.24, 2.45) is 0 Å². The van der Waals surface area contributed by atoms with Crippen molar-refractivity contribution in [2.45, 2.75) is 6.18 Å². The summed E-state index contributed by atoms with van der Waals surface area (Å²) in [6.07, 6.45) is -4.48. The number of amides is 1. The van der Waals surface area contributed by atoms with E-state index in [0.29, 0.717) is 10.8 Å². The van der Waals surface area contributed by atoms with Crippen molar-refractivity contribution in [1.82, 2.24) is 5.32 Å². The van der Waals surface area contributed by atoms with Gasteiger partial charge in [-0.15, -0.1) is 0 Å². The van der Waals surface area contributed by atoms with Gasteiger partial charge in [0.15, 0.2) is 0 Å². The molecule has 0 aliphatic rings. The van der Waals surface area contributed by atoms with Crippen LogP contribution in [0.4, 0.5) is 13.2 Å². The van der Waals surface area contributed by atoms with Crippen molar-refractivity contribution in [3.05, 3.63) is 42.0 Å². The van der Waals surface area contributed by atoms with Crippen LogP contribution in [0.1, 0.15) is 10.4 Å². The number of carbonyl (C=O) groups excluding carboxylic acids is 1. The highest BCUT2D eigenvalue weighted by atomic mass is 19.4. The lowest BCUT2D eigenvalue weighted by Gasteiger charge is -2.10. The number of phenolic OH excluding ortho intramolecular Hbond substituents is 1. The molecule has 2 aromatic carbocycles. The number of hydrogen-bond acceptors (Lipinski definition) is 2. The quantitative estimate of drug-likeness (QED) is 0.880. The van der Waals surface area contributed by atoms with E-state index in [9.17, 15) is 23.1 Å². The molecule has 2 N–H and O–H groups in total. The third-order valence-corrected chi connectivity index (χ3v) is 2.59. The Kier molecular flexibility index (Phi) is 3.33. The first kappa shape index (κ1) is 13.2. The van der Waals surface area contributed by atoms with E-state index >= 15 is 0 Å². The summed E-state index contributed by atoms with van der Waals surface area (Å²) in [6, 6.07) is 9.60. The minimum absolute atomic E-state index is 0.178. The maximum atomic E-state index is 12.0. The monoisotopic (exact) mass is 269 g/mol. The molecule has 0 saturated heterocycles. The van der Waals surface area contributed by atoms with E-state index in [2.05, 4.69) is 0 Å². The normalized spacial score (nSPS) is 11.5. The van der Waals surface area contributed by atoms with Gasteiger partial charge >= 0.3 is 6.18 Å². The van der Waals surface area contributed by atoms with E-state index in [-0.39, 0.29) is 11.3 Å². The van der Waals surface area contributed by atoms with Crippen LogP contribution in [-0.4, -0.2) is 23.7 Å². The molecule has 0 saturated carbocycles. The molecule has 2 aromatic rings. The number of carbonyl (C=O) groups is 1. The van der Waals surface area contributed by atoms with Crippen LogP contribution in [0.5, 0.6) is 5.75 Å². The SMILES string of the molecule is O=C(NCC(F)(F)F)c1ccc2ccccc2c1O. The van der Waals surface area contributed by atoms with E-state index in [4.69, 9.17) is 0 Å². The number of rotatable bonds is 2. The molecule has 0 fully saturated rings. The highest BCUT2D eigenvalue weighted by Crippen LogP contribution is 2.28. The third kappa shape index (κ3) is 2.96. The van der Waals surface area contributed by atoms with Crippen LogP contribution in [0, 0.1) is 0 Å². The minimum Gasteiger partial charge on any atom is -0.506 e. The van der Waals surface area contributed by atoms with Crippen LogP contribution in [0.3, 0.4) is 0 Å². The van der Waals surface area contributed by atoms with Crippen molar-refractivity contribution in [1.29, 1.82) is 0 Å². The summed E-state index contributed by atoms with van der Waals surface area (Å²) in [5, 5.41) is 12.7. The van der Waals surface area contributed by atoms with Crippen LogP contribution in [0.15, 0.2) is 36.4 Å². The van der Waals surface area contributed by atoms with Gasteiger partial charge in [-0.3, -0.25) is 4.79 Å². The molecule has 1 amide bonds. The molecule has 19 heavy (non-hydrogen) atoms. The fourth-order valence-electron chi connectivity index (χ4n) is 1.71. The van der Waals surface area contributed by atoms with Crippen LogP contribution in [0.25, 0.3) is 10.8 Å². The number of fused-ring (bicyclic) bond motifs is 1. The maximum Gasteiger partial charge on any atom is 0.405 e. The molecule has 3 nitrogen and oxygen atoms in total. The standard InChI is InChI=1S/C13H10F3NO2/c14-13(15,16)7-17-12(19)10-6-5-8-3-1-2-4-9(8)11(10)18/h1-6,18H,7H2,(H,17,19). The molecule has 6 heteroatoms. The molecular weight excluding hydrogens is 259 g/mol. The van der Waals surface area contributed by atoms with E-state index in [0.717, 1.165) is 0 Å². The topological polar surface area (TPSA) is 49.3 Å². The summed E-state index contributed by atoms with van der Waals surface area (Å²) < 4.78 is 36.0. The Bertz CT molecular complexity index is 623. The van der Waals surface area contributed by atoms with Gasteiger partial charge in [-0.05, 0) is 11.5 Å². The minimum atomic E-state index is -4.48. The average molecular weight is 269 g/mol. The van der Waals surface area contributed by atoms with Gasteiger partial charge in [-0.25, -0.2) is 0 Å². The number of hydrogen-bond donors (Lipinski definition) is 2. The highest BCUT2D eigenvalue weighted by Gasteiger charge is 2.28. The summed E-state index contributed by atoms with van der Waals surface area (Å²) in [4.78, 5) is 11.6. The first-order valence-electron chi connectivity index (χ1n) is 5.44. The van der Waals surface area contributed by atoms with Crippen LogP contribution >= 0.6 is 0 Å². The summed E-state index contributed by atoms with van der Waals surface area (Å²) in [6.45, 7) is -1.43. The predicted molar refractivity (Wildman–Crippen MR) is 64.0 cm³/mol. The lowest BCUT2D eigenvalue weighted by molar-refractivity contribution is -0.123. The Hall–Kier alpha value is -2.24. The van der Waals surface area contributed by atoms with Gasteiger partial charge in [-0.1, -0.05) is 30.3 Å². The lowest BCUT2D eigenvalue weighted by Crippen LogP contribution is -2.33. The Morgan fingerprint density at radius 1 is 1.16 bits per heavy atom. The number of benzene rings is 2. The van der Waals surface area contributed by atoms with Crippen molar-refractivity contribution >= 4 is 16.7 Å². The molecule has 0 aliphatic carbocycles. The molecule has 0 aromatic heterocycles. The Morgan fingerprint density at radius 2 is 1.84 bits per heavy atom. The van der Waals surface area contributed by atoms with Gasteiger partial charge in [0.2, 0.25) is 0 Å². The summed E-state index contributed by atoms with van der Waals surface area (Å²) in [5.41, 5.74) is -0.178. The smallest absolute Gasteiger partial charge is 0.405 e. The van der Waals surface area contributed by atoms with Gasteiger partial charge < -0.3 is 10.4 Å². The van der Waals surface area contributed by atoms with Crippen molar-refractivity contribution < 1.29 is 23.1 Å². The predicted octanol–water partition coefficient (Wildman–Crippen LogP) is 2.84. The Morgan fingerprint density at radius 3 is 2.53 bits per heavy atom. The van der Waals surface area contributed by atoms with E-state index in [1.165, 1.54) is 6.07 Å². The summed E-state index contributed by atoms with van der Waals surface area (Å²) >= 11 is 0. The molecule has 0 radical (unpaired) electrons. The van der Waals surface area contributed by atoms with E-state index in [1.807, 2.05) is 0 Å². The molecule has 0 heterocycles. The maximum absolute atomic E-state index is 12.0.